The summed E-state index contributed by atoms with van der Waals surface area (Å²) >= 11 is 13.9. The summed E-state index contributed by atoms with van der Waals surface area (Å²) in [5.74, 6) is -0.177. The van der Waals surface area contributed by atoms with Crippen LogP contribution in [0.15, 0.2) is 16.6 Å². The van der Waals surface area contributed by atoms with Crippen molar-refractivity contribution < 1.29 is 14.5 Å². The van der Waals surface area contributed by atoms with E-state index in [0.717, 1.165) is 0 Å². The molecule has 0 aromatic heterocycles. The van der Waals surface area contributed by atoms with Crippen LogP contribution in [-0.4, -0.2) is 16.8 Å². The highest BCUT2D eigenvalue weighted by atomic mass is 79.9. The van der Waals surface area contributed by atoms with Crippen molar-refractivity contribution in [2.75, 3.05) is 6.61 Å². The van der Waals surface area contributed by atoms with Crippen LogP contribution in [0.25, 0.3) is 0 Å². The molecule has 0 aliphatic carbocycles. The van der Waals surface area contributed by atoms with Gasteiger partial charge in [-0.3, -0.25) is 14.9 Å². The molecule has 8 heteroatoms. The van der Waals surface area contributed by atoms with Gasteiger partial charge >= 0.3 is 5.69 Å². The smallest absolute Gasteiger partial charge is 0.313 e. The Hall–Kier alpha value is -0.850. The first-order valence-electron chi connectivity index (χ1n) is 3.86. The fraction of sp³-hybridized carbons (Fsp3) is 0.125. The van der Waals surface area contributed by atoms with E-state index in [1.54, 1.807) is 0 Å². The molecular weight excluding hydrogens is 325 g/mol. The monoisotopic (exact) mass is 327 g/mol. The van der Waals surface area contributed by atoms with Gasteiger partial charge in [0.1, 0.15) is 0 Å². The minimum Gasteiger partial charge on any atom is -0.476 e. The van der Waals surface area contributed by atoms with E-state index < -0.39 is 16.8 Å². The number of nitro groups is 1. The van der Waals surface area contributed by atoms with Crippen LogP contribution in [0.4, 0.5) is 5.69 Å². The van der Waals surface area contributed by atoms with Gasteiger partial charge < -0.3 is 4.74 Å². The number of benzene rings is 1. The molecule has 1 rings (SSSR count). The van der Waals surface area contributed by atoms with Gasteiger partial charge in [-0.25, -0.2) is 0 Å². The Labute approximate surface area is 109 Å². The minimum atomic E-state index is -0.770. The molecule has 0 radical (unpaired) electrons. The van der Waals surface area contributed by atoms with E-state index in [9.17, 15) is 14.9 Å². The SMILES string of the molecule is O=C(Cl)COc1c(Cl)cc(Br)cc1[N+](=O)[O-]. The maximum absolute atomic E-state index is 10.7. The van der Waals surface area contributed by atoms with Crippen molar-refractivity contribution in [3.8, 4) is 5.75 Å². The summed E-state index contributed by atoms with van der Waals surface area (Å²) in [6.45, 7) is -0.482. The van der Waals surface area contributed by atoms with Gasteiger partial charge in [-0.05, 0) is 17.7 Å². The molecule has 0 N–H and O–H groups in total. The largest absolute Gasteiger partial charge is 0.476 e. The maximum Gasteiger partial charge on any atom is 0.313 e. The Morgan fingerprint density at radius 3 is 2.69 bits per heavy atom. The molecule has 0 heterocycles. The minimum absolute atomic E-state index is 0.0268. The molecule has 1 aromatic rings. The van der Waals surface area contributed by atoms with Gasteiger partial charge in [0.05, 0.1) is 9.95 Å². The van der Waals surface area contributed by atoms with Crippen molar-refractivity contribution in [2.24, 2.45) is 0 Å². The fourth-order valence-corrected chi connectivity index (χ4v) is 1.86. The Morgan fingerprint density at radius 1 is 1.56 bits per heavy atom. The average molecular weight is 329 g/mol. The van der Waals surface area contributed by atoms with Crippen LogP contribution in [0.2, 0.25) is 5.02 Å². The van der Waals surface area contributed by atoms with Gasteiger partial charge in [-0.1, -0.05) is 27.5 Å². The molecule has 0 unspecified atom stereocenters. The van der Waals surface area contributed by atoms with E-state index in [-0.39, 0.29) is 16.5 Å². The van der Waals surface area contributed by atoms with Gasteiger partial charge in [0, 0.05) is 10.5 Å². The number of ether oxygens (including phenoxy) is 1. The lowest BCUT2D eigenvalue weighted by molar-refractivity contribution is -0.385. The first kappa shape index (κ1) is 13.2. The summed E-state index contributed by atoms with van der Waals surface area (Å²) in [7, 11) is 0. The Balaban J connectivity index is 3.14. The molecular formula is C8H4BrCl2NO4. The zero-order chi connectivity index (χ0) is 12.3. The number of carbonyl (C=O) groups is 1. The van der Waals surface area contributed by atoms with E-state index in [2.05, 4.69) is 15.9 Å². The van der Waals surface area contributed by atoms with Crippen LogP contribution in [0.5, 0.6) is 5.75 Å². The van der Waals surface area contributed by atoms with Gasteiger partial charge in [0.15, 0.2) is 6.61 Å². The number of carbonyl (C=O) groups excluding carboxylic acids is 1. The van der Waals surface area contributed by atoms with Crippen LogP contribution in [0.1, 0.15) is 0 Å². The third kappa shape index (κ3) is 3.33. The topological polar surface area (TPSA) is 69.4 Å². The molecule has 0 saturated heterocycles. The van der Waals surface area contributed by atoms with Crippen molar-refractivity contribution >= 4 is 50.1 Å². The first-order valence-corrected chi connectivity index (χ1v) is 5.41. The van der Waals surface area contributed by atoms with Crippen molar-refractivity contribution in [3.63, 3.8) is 0 Å². The van der Waals surface area contributed by atoms with Gasteiger partial charge in [-0.2, -0.15) is 0 Å². The van der Waals surface area contributed by atoms with Crippen LogP contribution in [-0.2, 0) is 4.79 Å². The van der Waals surface area contributed by atoms with Gasteiger partial charge in [0.25, 0.3) is 5.24 Å². The number of hydrogen-bond acceptors (Lipinski definition) is 4. The first-order chi connectivity index (χ1) is 7.41. The molecule has 0 saturated carbocycles. The van der Waals surface area contributed by atoms with Gasteiger partial charge in [0.2, 0.25) is 5.75 Å². The summed E-state index contributed by atoms with van der Waals surface area (Å²) in [5, 5.41) is 9.96. The molecule has 0 spiro atoms. The number of nitrogens with zero attached hydrogens (tertiary/aromatic N) is 1. The Morgan fingerprint density at radius 2 is 2.19 bits per heavy atom. The summed E-state index contributed by atoms with van der Waals surface area (Å²) < 4.78 is 5.31. The average Bonchev–Trinajstić information content (AvgIpc) is 2.14. The molecule has 0 bridgehead atoms. The summed E-state index contributed by atoms with van der Waals surface area (Å²) in [6, 6.07) is 2.64. The molecule has 1 aromatic carbocycles. The Bertz CT molecular complexity index is 452. The second-order valence-corrected chi connectivity index (χ2v) is 4.38. The second-order valence-electron chi connectivity index (χ2n) is 2.64. The molecule has 86 valence electrons. The number of hydrogen-bond donors (Lipinski definition) is 0. The molecule has 0 aliphatic heterocycles. The van der Waals surface area contributed by atoms with E-state index in [0.29, 0.717) is 4.47 Å². The van der Waals surface area contributed by atoms with Crippen LogP contribution in [0.3, 0.4) is 0 Å². The normalized spacial score (nSPS) is 9.94. The van der Waals surface area contributed by atoms with Crippen molar-refractivity contribution in [1.29, 1.82) is 0 Å². The number of halogens is 3. The lowest BCUT2D eigenvalue weighted by Crippen LogP contribution is -2.06. The van der Waals surface area contributed by atoms with E-state index in [1.807, 2.05) is 0 Å². The fourth-order valence-electron chi connectivity index (χ4n) is 0.954. The van der Waals surface area contributed by atoms with Crippen molar-refractivity contribution in [1.82, 2.24) is 0 Å². The molecule has 5 nitrogen and oxygen atoms in total. The second kappa shape index (κ2) is 5.47. The summed E-state index contributed by atoms with van der Waals surface area (Å²) in [5.41, 5.74) is -0.336. The van der Waals surface area contributed by atoms with Crippen LogP contribution < -0.4 is 4.74 Å². The predicted octanol–water partition coefficient (Wildman–Crippen LogP) is 3.15. The standard InChI is InChI=1S/C8H4BrCl2NO4/c9-4-1-5(10)8(16-3-7(11)13)6(2-4)12(14)15/h1-2H,3H2. The lowest BCUT2D eigenvalue weighted by Gasteiger charge is -2.06. The number of rotatable bonds is 4. The molecule has 0 amide bonds. The summed E-state index contributed by atoms with van der Waals surface area (Å²) in [4.78, 5) is 20.5. The lowest BCUT2D eigenvalue weighted by atomic mass is 10.3. The highest BCUT2D eigenvalue weighted by Crippen LogP contribution is 2.37. The highest BCUT2D eigenvalue weighted by Gasteiger charge is 2.20. The van der Waals surface area contributed by atoms with Crippen LogP contribution >= 0.6 is 39.1 Å². The van der Waals surface area contributed by atoms with E-state index >= 15 is 0 Å². The zero-order valence-electron chi connectivity index (χ0n) is 7.58. The van der Waals surface area contributed by atoms with Crippen molar-refractivity contribution in [2.45, 2.75) is 0 Å². The zero-order valence-corrected chi connectivity index (χ0v) is 10.7. The predicted molar refractivity (Wildman–Crippen MR) is 62.2 cm³/mol. The quantitative estimate of drug-likeness (QED) is 0.483. The molecule has 0 aliphatic rings. The maximum atomic E-state index is 10.7. The van der Waals surface area contributed by atoms with E-state index in [4.69, 9.17) is 27.9 Å². The van der Waals surface area contributed by atoms with Crippen LogP contribution in [0, 0.1) is 10.1 Å². The number of nitro benzene ring substituents is 1. The molecule has 0 fully saturated rings. The molecule has 16 heavy (non-hydrogen) atoms. The van der Waals surface area contributed by atoms with Crippen molar-refractivity contribution in [3.05, 3.63) is 31.7 Å². The third-order valence-electron chi connectivity index (χ3n) is 1.52. The van der Waals surface area contributed by atoms with Gasteiger partial charge in [-0.15, -0.1) is 0 Å². The third-order valence-corrected chi connectivity index (χ3v) is 2.36. The molecule has 0 atom stereocenters. The highest BCUT2D eigenvalue weighted by molar-refractivity contribution is 9.10. The Kier molecular flexibility index (Phi) is 4.52. The summed E-state index contributed by atoms with van der Waals surface area (Å²) in [6.07, 6.45) is 0. The van der Waals surface area contributed by atoms with E-state index in [1.165, 1.54) is 12.1 Å².